The number of aliphatic hydroxyl groups is 1. The highest BCUT2D eigenvalue weighted by molar-refractivity contribution is 7.17. The van der Waals surface area contributed by atoms with Gasteiger partial charge in [-0.05, 0) is 51.0 Å². The van der Waals surface area contributed by atoms with Crippen LogP contribution in [0.5, 0.6) is 11.5 Å². The molecule has 12 heteroatoms. The maximum absolute atomic E-state index is 14.1. The Hall–Kier alpha value is -4.81. The SMILES string of the molecule is C=CCOC(=O)c1sc(N2C(=O)C(O)=C(C(=O)c3sc(C)nc3C)C2c2ccc(OCc3ccccc3)c(OCC)c2)nc1C. The molecule has 1 aliphatic heterocycles. The number of nitrogens with zero attached hydrogens (tertiary/aromatic N) is 3. The van der Waals surface area contributed by atoms with Crippen molar-refractivity contribution < 1.29 is 33.7 Å². The third-order valence-electron chi connectivity index (χ3n) is 6.89. The first-order chi connectivity index (χ1) is 21.6. The molecule has 0 bridgehead atoms. The summed E-state index contributed by atoms with van der Waals surface area (Å²) >= 11 is 2.11. The third kappa shape index (κ3) is 6.38. The highest BCUT2D eigenvalue weighted by Crippen LogP contribution is 2.46. The zero-order valence-corrected chi connectivity index (χ0v) is 26.8. The smallest absolute Gasteiger partial charge is 0.350 e. The highest BCUT2D eigenvalue weighted by atomic mass is 32.1. The Morgan fingerprint density at radius 2 is 1.73 bits per heavy atom. The van der Waals surface area contributed by atoms with E-state index in [1.165, 1.54) is 22.3 Å². The number of hydrogen-bond acceptors (Lipinski definition) is 11. The van der Waals surface area contributed by atoms with Gasteiger partial charge in [-0.2, -0.15) is 0 Å². The van der Waals surface area contributed by atoms with Gasteiger partial charge in [0.15, 0.2) is 22.4 Å². The zero-order valence-electron chi connectivity index (χ0n) is 25.2. The number of anilines is 1. The Morgan fingerprint density at radius 3 is 2.40 bits per heavy atom. The first-order valence-electron chi connectivity index (χ1n) is 14.1. The second kappa shape index (κ2) is 13.4. The number of carbonyl (C=O) groups excluding carboxylic acids is 3. The molecule has 0 saturated heterocycles. The number of benzene rings is 2. The summed E-state index contributed by atoms with van der Waals surface area (Å²) in [5.41, 5.74) is 2.13. The Morgan fingerprint density at radius 1 is 1.00 bits per heavy atom. The normalized spacial score (nSPS) is 14.5. The minimum Gasteiger partial charge on any atom is -0.503 e. The van der Waals surface area contributed by atoms with Crippen molar-refractivity contribution in [1.29, 1.82) is 0 Å². The predicted octanol–water partition coefficient (Wildman–Crippen LogP) is 6.63. The van der Waals surface area contributed by atoms with E-state index in [0.29, 0.717) is 51.5 Å². The van der Waals surface area contributed by atoms with E-state index in [2.05, 4.69) is 16.5 Å². The molecule has 1 aliphatic rings. The van der Waals surface area contributed by atoms with Gasteiger partial charge in [-0.1, -0.05) is 60.4 Å². The fraction of sp³-hybridized carbons (Fsp3) is 0.242. The Kier molecular flexibility index (Phi) is 9.45. The Bertz CT molecular complexity index is 1810. The molecule has 4 aromatic rings. The number of aryl methyl sites for hydroxylation is 3. The van der Waals surface area contributed by atoms with Gasteiger partial charge in [0.25, 0.3) is 5.91 Å². The van der Waals surface area contributed by atoms with Crippen LogP contribution in [0.3, 0.4) is 0 Å². The molecule has 2 aromatic carbocycles. The lowest BCUT2D eigenvalue weighted by molar-refractivity contribution is -0.117. The summed E-state index contributed by atoms with van der Waals surface area (Å²) in [5, 5.41) is 12.0. The lowest BCUT2D eigenvalue weighted by Gasteiger charge is -2.25. The second-order valence-corrected chi connectivity index (χ2v) is 12.2. The van der Waals surface area contributed by atoms with Crippen molar-refractivity contribution in [3.63, 3.8) is 0 Å². The minimum atomic E-state index is -1.10. The second-order valence-electron chi connectivity index (χ2n) is 10.0. The van der Waals surface area contributed by atoms with Crippen molar-refractivity contribution in [2.75, 3.05) is 18.1 Å². The fourth-order valence-electron chi connectivity index (χ4n) is 4.91. The Balaban J connectivity index is 1.61. The maximum Gasteiger partial charge on any atom is 0.350 e. The van der Waals surface area contributed by atoms with Crippen LogP contribution in [0.4, 0.5) is 5.13 Å². The van der Waals surface area contributed by atoms with E-state index >= 15 is 0 Å². The number of amides is 1. The molecule has 0 fully saturated rings. The molecule has 1 amide bonds. The van der Waals surface area contributed by atoms with Crippen LogP contribution in [0.2, 0.25) is 0 Å². The molecule has 0 aliphatic carbocycles. The number of thiazole rings is 2. The molecule has 0 radical (unpaired) electrons. The van der Waals surface area contributed by atoms with Gasteiger partial charge in [0.2, 0.25) is 5.78 Å². The van der Waals surface area contributed by atoms with Crippen LogP contribution >= 0.6 is 22.7 Å². The van der Waals surface area contributed by atoms with Gasteiger partial charge in [0, 0.05) is 0 Å². The number of esters is 1. The molecular formula is C33H31N3O7S2. The van der Waals surface area contributed by atoms with Crippen molar-refractivity contribution in [3.05, 3.63) is 110 Å². The summed E-state index contributed by atoms with van der Waals surface area (Å²) in [5.74, 6) is -1.83. The molecule has 5 rings (SSSR count). The lowest BCUT2D eigenvalue weighted by atomic mass is 9.95. The van der Waals surface area contributed by atoms with E-state index in [9.17, 15) is 19.5 Å². The summed E-state index contributed by atoms with van der Waals surface area (Å²) in [6, 6.07) is 13.7. The highest BCUT2D eigenvalue weighted by Gasteiger charge is 2.47. The standard InChI is InChI=1S/C33H31N3O7S2/c1-6-15-42-32(40)30-19(4)35-33(45-30)36-26(25(28(38)31(36)39)27(37)29-18(3)34-20(5)44-29)22-13-14-23(24(16-22)41-7-2)43-17-21-11-9-8-10-12-21/h6,8-14,16,26,38H,1,7,15,17H2,2-5H3. The number of rotatable bonds is 12. The van der Waals surface area contributed by atoms with Gasteiger partial charge < -0.3 is 19.3 Å². The number of Topliss-reactive ketones (excluding diaryl/α,β-unsaturated/α-hetero) is 1. The zero-order chi connectivity index (χ0) is 32.2. The van der Waals surface area contributed by atoms with Crippen molar-refractivity contribution in [1.82, 2.24) is 9.97 Å². The van der Waals surface area contributed by atoms with Crippen molar-refractivity contribution in [2.24, 2.45) is 0 Å². The molecule has 1 N–H and O–H groups in total. The number of ketones is 1. The summed E-state index contributed by atoms with van der Waals surface area (Å²) < 4.78 is 17.2. The van der Waals surface area contributed by atoms with Crippen molar-refractivity contribution in [3.8, 4) is 11.5 Å². The number of aromatic nitrogens is 2. The molecule has 10 nitrogen and oxygen atoms in total. The van der Waals surface area contributed by atoms with Gasteiger partial charge in [-0.15, -0.1) is 11.3 Å². The predicted molar refractivity (Wildman–Crippen MR) is 172 cm³/mol. The van der Waals surface area contributed by atoms with E-state index in [1.54, 1.807) is 39.0 Å². The first kappa shape index (κ1) is 31.6. The summed E-state index contributed by atoms with van der Waals surface area (Å²) in [7, 11) is 0. The van der Waals surface area contributed by atoms with E-state index in [1.807, 2.05) is 37.3 Å². The number of aliphatic hydroxyl groups excluding tert-OH is 1. The van der Waals surface area contributed by atoms with Crippen molar-refractivity contribution in [2.45, 2.75) is 40.3 Å². The first-order valence-corrected chi connectivity index (χ1v) is 15.7. The summed E-state index contributed by atoms with van der Waals surface area (Å²) in [6.45, 7) is 11.1. The average molecular weight is 646 g/mol. The molecule has 45 heavy (non-hydrogen) atoms. The number of ether oxygens (including phenoxy) is 3. The summed E-state index contributed by atoms with van der Waals surface area (Å²) in [6.07, 6.45) is 1.45. The largest absolute Gasteiger partial charge is 0.503 e. The van der Waals surface area contributed by atoms with Gasteiger partial charge in [-0.3, -0.25) is 14.5 Å². The number of hydrogen-bond donors (Lipinski definition) is 1. The lowest BCUT2D eigenvalue weighted by Crippen LogP contribution is -2.31. The maximum atomic E-state index is 14.1. The van der Waals surface area contributed by atoms with Crippen LogP contribution in [0.15, 0.2) is 72.5 Å². The third-order valence-corrected chi connectivity index (χ3v) is 9.10. The van der Waals surface area contributed by atoms with Crippen LogP contribution in [-0.4, -0.2) is 45.9 Å². The van der Waals surface area contributed by atoms with E-state index in [-0.39, 0.29) is 22.2 Å². The van der Waals surface area contributed by atoms with Gasteiger partial charge >= 0.3 is 5.97 Å². The van der Waals surface area contributed by atoms with E-state index < -0.39 is 29.5 Å². The molecular weight excluding hydrogens is 615 g/mol. The number of carbonyl (C=O) groups is 3. The van der Waals surface area contributed by atoms with Gasteiger partial charge in [0.05, 0.1) is 39.5 Å². The van der Waals surface area contributed by atoms with Gasteiger partial charge in [0.1, 0.15) is 18.1 Å². The van der Waals surface area contributed by atoms with Gasteiger partial charge in [-0.25, -0.2) is 14.8 Å². The minimum absolute atomic E-state index is 0.00425. The molecule has 1 atom stereocenters. The molecule has 1 unspecified atom stereocenters. The molecule has 0 spiro atoms. The van der Waals surface area contributed by atoms with E-state index in [0.717, 1.165) is 16.9 Å². The van der Waals surface area contributed by atoms with Crippen LogP contribution in [0.25, 0.3) is 0 Å². The average Bonchev–Trinajstić information content (AvgIpc) is 3.67. The monoisotopic (exact) mass is 645 g/mol. The fourth-order valence-corrected chi connectivity index (χ4v) is 6.77. The molecule has 0 saturated carbocycles. The molecule has 3 heterocycles. The topological polar surface area (TPSA) is 128 Å². The summed E-state index contributed by atoms with van der Waals surface area (Å²) in [4.78, 5) is 51.1. The van der Waals surface area contributed by atoms with Crippen molar-refractivity contribution >= 4 is 45.5 Å². The van der Waals surface area contributed by atoms with Crippen LogP contribution in [0.1, 0.15) is 59.8 Å². The van der Waals surface area contributed by atoms with Crippen LogP contribution < -0.4 is 14.4 Å². The van der Waals surface area contributed by atoms with Crippen LogP contribution in [-0.2, 0) is 16.1 Å². The molecule has 2 aromatic heterocycles. The molecule has 232 valence electrons. The van der Waals surface area contributed by atoms with Crippen LogP contribution in [0, 0.1) is 20.8 Å². The quantitative estimate of drug-likeness (QED) is 0.103. The van der Waals surface area contributed by atoms with E-state index in [4.69, 9.17) is 14.2 Å². The Labute approximate surface area is 268 Å².